The van der Waals surface area contributed by atoms with Crippen molar-refractivity contribution < 1.29 is 4.79 Å². The zero-order valence-electron chi connectivity index (χ0n) is 13.9. The zero-order chi connectivity index (χ0) is 16.1. The average molecular weight is 532 g/mol. The smallest absolute Gasteiger partial charge is 0.222 e. The topological polar surface area (TPSA) is 23.6 Å². The van der Waals surface area contributed by atoms with Gasteiger partial charge in [0.15, 0.2) is 0 Å². The van der Waals surface area contributed by atoms with Gasteiger partial charge in [-0.2, -0.15) is 0 Å². The van der Waals surface area contributed by atoms with Crippen molar-refractivity contribution in [3.05, 3.63) is 0 Å². The number of likely N-dealkylation sites (tertiary alicyclic amines) is 2. The van der Waals surface area contributed by atoms with Crippen molar-refractivity contribution in [2.75, 3.05) is 32.7 Å². The number of carbonyl (C=O) groups is 1. The molecule has 2 fully saturated rings. The maximum absolute atomic E-state index is 12.3. The Labute approximate surface area is 163 Å². The zero-order valence-corrected chi connectivity index (χ0v) is 18.3. The van der Waals surface area contributed by atoms with Crippen molar-refractivity contribution in [3.8, 4) is 0 Å². The standard InChI is InChI=1S/C17H30I2N2O/c1-13(2)14-6-10-21(11-7-14)16(22)4-3-8-20-9-5-15(12-20)17(18)19/h13-15,17H,3-12H2,1-2H3/t15-/m0/s1. The van der Waals surface area contributed by atoms with Crippen LogP contribution in [0.25, 0.3) is 0 Å². The summed E-state index contributed by atoms with van der Waals surface area (Å²) >= 11 is 5.07. The Balaban J connectivity index is 1.61. The first-order valence-corrected chi connectivity index (χ1v) is 11.2. The minimum absolute atomic E-state index is 0.388. The van der Waals surface area contributed by atoms with Crippen LogP contribution in [0.3, 0.4) is 0 Å². The molecular formula is C17H30I2N2O. The van der Waals surface area contributed by atoms with Crippen molar-refractivity contribution in [2.45, 2.75) is 47.9 Å². The molecule has 0 spiro atoms. The summed E-state index contributed by atoms with van der Waals surface area (Å²) in [5.74, 6) is 2.81. The number of nitrogens with zero attached hydrogens (tertiary/aromatic N) is 2. The second-order valence-corrected chi connectivity index (χ2v) is 12.3. The monoisotopic (exact) mass is 532 g/mol. The van der Waals surface area contributed by atoms with Gasteiger partial charge in [-0.3, -0.25) is 4.79 Å². The molecule has 0 unspecified atom stereocenters. The van der Waals surface area contributed by atoms with Crippen molar-refractivity contribution in [3.63, 3.8) is 0 Å². The highest BCUT2D eigenvalue weighted by atomic mass is 127. The molecule has 2 saturated heterocycles. The van der Waals surface area contributed by atoms with Gasteiger partial charge in [-0.05, 0) is 56.5 Å². The van der Waals surface area contributed by atoms with Gasteiger partial charge in [0.2, 0.25) is 5.91 Å². The highest BCUT2D eigenvalue weighted by Gasteiger charge is 2.27. The molecule has 2 aliphatic heterocycles. The van der Waals surface area contributed by atoms with Crippen LogP contribution in [-0.4, -0.2) is 50.4 Å². The Morgan fingerprint density at radius 1 is 1.09 bits per heavy atom. The van der Waals surface area contributed by atoms with Crippen molar-refractivity contribution in [1.82, 2.24) is 9.80 Å². The molecule has 2 rings (SSSR count). The molecule has 5 heteroatoms. The highest BCUT2D eigenvalue weighted by molar-refractivity contribution is 14.2. The highest BCUT2D eigenvalue weighted by Crippen LogP contribution is 2.29. The molecule has 3 nitrogen and oxygen atoms in total. The van der Waals surface area contributed by atoms with Gasteiger partial charge in [0.1, 0.15) is 0 Å². The maximum Gasteiger partial charge on any atom is 0.222 e. The molecule has 0 radical (unpaired) electrons. The van der Waals surface area contributed by atoms with Crippen LogP contribution in [0.5, 0.6) is 0 Å². The summed E-state index contributed by atoms with van der Waals surface area (Å²) in [7, 11) is 0. The number of carbonyl (C=O) groups excluding carboxylic acids is 1. The van der Waals surface area contributed by atoms with Gasteiger partial charge in [0.05, 0.1) is 1.93 Å². The first-order valence-electron chi connectivity index (χ1n) is 8.75. The maximum atomic E-state index is 12.3. The fraction of sp³-hybridized carbons (Fsp3) is 0.941. The van der Waals surface area contributed by atoms with E-state index in [1.165, 1.54) is 32.4 Å². The Kier molecular flexibility index (Phi) is 8.21. The number of halogens is 2. The van der Waals surface area contributed by atoms with Crippen LogP contribution in [0.1, 0.15) is 46.0 Å². The number of amides is 1. The van der Waals surface area contributed by atoms with Crippen LogP contribution in [0.4, 0.5) is 0 Å². The second-order valence-electron chi connectivity index (χ2n) is 7.25. The molecule has 0 aliphatic carbocycles. The number of hydrogen-bond donors (Lipinski definition) is 0. The van der Waals surface area contributed by atoms with Gasteiger partial charge in [-0.25, -0.2) is 0 Å². The molecule has 0 saturated carbocycles. The molecule has 128 valence electrons. The van der Waals surface area contributed by atoms with Crippen LogP contribution < -0.4 is 0 Å². The van der Waals surface area contributed by atoms with Crippen LogP contribution in [-0.2, 0) is 4.79 Å². The van der Waals surface area contributed by atoms with E-state index in [-0.39, 0.29) is 0 Å². The van der Waals surface area contributed by atoms with Crippen molar-refractivity contribution in [2.24, 2.45) is 17.8 Å². The Hall–Kier alpha value is 0.890. The molecular weight excluding hydrogens is 502 g/mol. The Bertz CT molecular complexity index is 355. The summed E-state index contributed by atoms with van der Waals surface area (Å²) in [5, 5.41) is 0. The fourth-order valence-corrected chi connectivity index (χ4v) is 4.87. The molecule has 0 aromatic heterocycles. The number of piperidine rings is 1. The van der Waals surface area contributed by atoms with E-state index in [9.17, 15) is 4.79 Å². The summed E-state index contributed by atoms with van der Waals surface area (Å²) in [4.78, 5) is 17.0. The van der Waals surface area contributed by atoms with E-state index in [2.05, 4.69) is 68.8 Å². The minimum Gasteiger partial charge on any atom is -0.343 e. The van der Waals surface area contributed by atoms with Crippen LogP contribution in [0.15, 0.2) is 0 Å². The van der Waals surface area contributed by atoms with Gasteiger partial charge in [-0.1, -0.05) is 59.0 Å². The average Bonchev–Trinajstić information content (AvgIpc) is 2.96. The lowest BCUT2D eigenvalue weighted by Gasteiger charge is -2.34. The molecule has 1 atom stereocenters. The number of alkyl halides is 2. The molecule has 0 aromatic rings. The summed E-state index contributed by atoms with van der Waals surface area (Å²) < 4.78 is 0.740. The predicted octanol–water partition coefficient (Wildman–Crippen LogP) is 4.18. The van der Waals surface area contributed by atoms with E-state index in [1.54, 1.807) is 0 Å². The van der Waals surface area contributed by atoms with Crippen molar-refractivity contribution >= 4 is 51.1 Å². The van der Waals surface area contributed by atoms with Gasteiger partial charge >= 0.3 is 0 Å². The summed E-state index contributed by atoms with van der Waals surface area (Å²) in [6.45, 7) is 10.1. The quantitative estimate of drug-likeness (QED) is 0.379. The third-order valence-corrected chi connectivity index (χ3v) is 7.40. The van der Waals surface area contributed by atoms with Crippen molar-refractivity contribution in [1.29, 1.82) is 0 Å². The first kappa shape index (κ1) is 19.2. The van der Waals surface area contributed by atoms with E-state index in [0.717, 1.165) is 52.2 Å². The molecule has 22 heavy (non-hydrogen) atoms. The van der Waals surface area contributed by atoms with E-state index in [0.29, 0.717) is 5.91 Å². The summed E-state index contributed by atoms with van der Waals surface area (Å²) in [6.07, 6.45) is 5.50. The van der Waals surface area contributed by atoms with Crippen LogP contribution in [0, 0.1) is 17.8 Å². The van der Waals surface area contributed by atoms with Crippen LogP contribution in [0.2, 0.25) is 0 Å². The molecule has 0 aromatic carbocycles. The summed E-state index contributed by atoms with van der Waals surface area (Å²) in [6, 6.07) is 0. The SMILES string of the molecule is CC(C)C1CCN(C(=O)CCCN2CC[C@H](C(I)I)C2)CC1. The van der Waals surface area contributed by atoms with E-state index < -0.39 is 0 Å². The second kappa shape index (κ2) is 9.39. The molecule has 2 aliphatic rings. The number of rotatable bonds is 6. The molecule has 0 bridgehead atoms. The van der Waals surface area contributed by atoms with Gasteiger partial charge in [0.25, 0.3) is 0 Å². The Morgan fingerprint density at radius 2 is 1.73 bits per heavy atom. The molecule has 0 N–H and O–H groups in total. The summed E-state index contributed by atoms with van der Waals surface area (Å²) in [5.41, 5.74) is 0. The van der Waals surface area contributed by atoms with Gasteiger partial charge in [0, 0.05) is 26.1 Å². The minimum atomic E-state index is 0.388. The van der Waals surface area contributed by atoms with Gasteiger partial charge in [-0.15, -0.1) is 0 Å². The predicted molar refractivity (Wildman–Crippen MR) is 110 cm³/mol. The third-order valence-electron chi connectivity index (χ3n) is 5.37. The van der Waals surface area contributed by atoms with E-state index >= 15 is 0 Å². The largest absolute Gasteiger partial charge is 0.343 e. The fourth-order valence-electron chi connectivity index (χ4n) is 3.70. The lowest BCUT2D eigenvalue weighted by atomic mass is 9.86. The Morgan fingerprint density at radius 3 is 2.27 bits per heavy atom. The normalized spacial score (nSPS) is 24.6. The first-order chi connectivity index (χ1) is 10.5. The lowest BCUT2D eigenvalue weighted by Crippen LogP contribution is -2.39. The van der Waals surface area contributed by atoms with E-state index in [1.807, 2.05) is 0 Å². The molecule has 2 heterocycles. The van der Waals surface area contributed by atoms with Crippen LogP contribution >= 0.6 is 45.2 Å². The van der Waals surface area contributed by atoms with E-state index in [4.69, 9.17) is 0 Å². The van der Waals surface area contributed by atoms with Gasteiger partial charge < -0.3 is 9.80 Å². The third kappa shape index (κ3) is 5.76. The molecule has 1 amide bonds. The number of hydrogen-bond acceptors (Lipinski definition) is 2. The lowest BCUT2D eigenvalue weighted by molar-refractivity contribution is -0.132.